The second-order valence-electron chi connectivity index (χ2n) is 4.96. The summed E-state index contributed by atoms with van der Waals surface area (Å²) in [5.74, 6) is 0.181. The molecule has 21 heavy (non-hydrogen) atoms. The molecule has 0 atom stereocenters. The number of nitrogens with one attached hydrogen (secondary N) is 1. The maximum Gasteiger partial charge on any atom is 0.254 e. The Kier molecular flexibility index (Phi) is 3.94. The van der Waals surface area contributed by atoms with Gasteiger partial charge in [0.15, 0.2) is 5.43 Å². The number of aromatic nitrogens is 1. The van der Waals surface area contributed by atoms with Crippen LogP contribution >= 0.6 is 11.6 Å². The highest BCUT2D eigenvalue weighted by atomic mass is 35.5. The molecule has 1 aliphatic rings. The summed E-state index contributed by atoms with van der Waals surface area (Å²) >= 11 is 5.74. The van der Waals surface area contributed by atoms with Crippen molar-refractivity contribution in [3.8, 4) is 0 Å². The number of pyridine rings is 1. The van der Waals surface area contributed by atoms with Crippen LogP contribution in [0.4, 0.5) is 0 Å². The molecule has 0 unspecified atom stereocenters. The molecule has 6 heteroatoms. The molecule has 0 bridgehead atoms. The summed E-state index contributed by atoms with van der Waals surface area (Å²) in [6.07, 6.45) is 0. The summed E-state index contributed by atoms with van der Waals surface area (Å²) in [5.41, 5.74) is 1.75. The summed E-state index contributed by atoms with van der Waals surface area (Å²) < 4.78 is 5.24. The van der Waals surface area contributed by atoms with E-state index in [1.165, 1.54) is 6.07 Å². The van der Waals surface area contributed by atoms with E-state index in [9.17, 15) is 9.59 Å². The van der Waals surface area contributed by atoms with Crippen LogP contribution < -0.4 is 5.43 Å². The summed E-state index contributed by atoms with van der Waals surface area (Å²) in [6, 6.07) is 6.59. The zero-order valence-electron chi connectivity index (χ0n) is 11.4. The quantitative estimate of drug-likeness (QED) is 0.860. The molecule has 3 rings (SSSR count). The number of alkyl halides is 1. The Hall–Kier alpha value is -1.85. The minimum Gasteiger partial charge on any atom is -0.378 e. The average molecular weight is 307 g/mol. The molecule has 1 aliphatic heterocycles. The maximum atomic E-state index is 12.4. The van der Waals surface area contributed by atoms with E-state index < -0.39 is 0 Å². The normalized spacial score (nSPS) is 15.4. The molecule has 0 spiro atoms. The lowest BCUT2D eigenvalue weighted by Gasteiger charge is -2.26. The van der Waals surface area contributed by atoms with Crippen LogP contribution in [0.3, 0.4) is 0 Å². The number of H-pyrrole nitrogens is 1. The average Bonchev–Trinajstić information content (AvgIpc) is 2.54. The Morgan fingerprint density at radius 2 is 2.05 bits per heavy atom. The third-order valence-electron chi connectivity index (χ3n) is 3.57. The van der Waals surface area contributed by atoms with Gasteiger partial charge in [0.25, 0.3) is 5.91 Å². The number of hydrogen-bond acceptors (Lipinski definition) is 3. The second kappa shape index (κ2) is 5.87. The topological polar surface area (TPSA) is 62.4 Å². The van der Waals surface area contributed by atoms with E-state index in [0.717, 1.165) is 0 Å². The number of carbonyl (C=O) groups excluding carboxylic acids is 1. The number of benzene rings is 1. The summed E-state index contributed by atoms with van der Waals surface area (Å²) in [6.45, 7) is 2.27. The van der Waals surface area contributed by atoms with Gasteiger partial charge in [-0.2, -0.15) is 0 Å². The van der Waals surface area contributed by atoms with Crippen molar-refractivity contribution < 1.29 is 9.53 Å². The van der Waals surface area contributed by atoms with Crippen LogP contribution in [-0.2, 0) is 10.6 Å². The fourth-order valence-electron chi connectivity index (χ4n) is 2.46. The molecule has 1 saturated heterocycles. The Morgan fingerprint density at radius 3 is 2.76 bits per heavy atom. The number of amides is 1. The molecular weight excluding hydrogens is 292 g/mol. The van der Waals surface area contributed by atoms with E-state index >= 15 is 0 Å². The molecule has 1 fully saturated rings. The van der Waals surface area contributed by atoms with Crippen LogP contribution in [-0.4, -0.2) is 42.1 Å². The first-order valence-electron chi connectivity index (χ1n) is 6.78. The summed E-state index contributed by atoms with van der Waals surface area (Å²) in [4.78, 5) is 29.3. The molecule has 5 nitrogen and oxygen atoms in total. The molecule has 1 N–H and O–H groups in total. The van der Waals surface area contributed by atoms with Crippen LogP contribution in [0, 0.1) is 0 Å². The fraction of sp³-hybridized carbons (Fsp3) is 0.333. The van der Waals surface area contributed by atoms with Crippen molar-refractivity contribution in [3.05, 3.63) is 45.7 Å². The van der Waals surface area contributed by atoms with Gasteiger partial charge in [-0.05, 0) is 18.2 Å². The van der Waals surface area contributed by atoms with Crippen molar-refractivity contribution in [1.82, 2.24) is 9.88 Å². The van der Waals surface area contributed by atoms with Gasteiger partial charge in [-0.25, -0.2) is 0 Å². The molecule has 2 heterocycles. The fourth-order valence-corrected chi connectivity index (χ4v) is 2.60. The number of fused-ring (bicyclic) bond motifs is 1. The van der Waals surface area contributed by atoms with Gasteiger partial charge in [-0.15, -0.1) is 11.6 Å². The van der Waals surface area contributed by atoms with E-state index in [0.29, 0.717) is 48.5 Å². The van der Waals surface area contributed by atoms with Gasteiger partial charge in [0.05, 0.1) is 19.1 Å². The van der Waals surface area contributed by atoms with Crippen molar-refractivity contribution in [3.63, 3.8) is 0 Å². The van der Waals surface area contributed by atoms with Gasteiger partial charge >= 0.3 is 0 Å². The first-order chi connectivity index (χ1) is 10.2. The minimum atomic E-state index is -0.129. The molecule has 1 aromatic heterocycles. The smallest absolute Gasteiger partial charge is 0.254 e. The van der Waals surface area contributed by atoms with Gasteiger partial charge < -0.3 is 14.6 Å². The molecule has 1 aromatic carbocycles. The van der Waals surface area contributed by atoms with Crippen LogP contribution in [0.25, 0.3) is 10.9 Å². The molecular formula is C15H15ClN2O3. The lowest BCUT2D eigenvalue weighted by Crippen LogP contribution is -2.40. The standard InChI is InChI=1S/C15H15ClN2O3/c16-9-11-8-14(19)12-7-10(1-2-13(12)17-11)15(20)18-3-5-21-6-4-18/h1-2,7-8H,3-6,9H2,(H,17,19). The minimum absolute atomic E-state index is 0.0685. The van der Waals surface area contributed by atoms with Gasteiger partial charge in [-0.1, -0.05) is 0 Å². The second-order valence-corrected chi connectivity index (χ2v) is 5.22. The van der Waals surface area contributed by atoms with Crippen LogP contribution in [0.2, 0.25) is 0 Å². The number of nitrogens with zero attached hydrogens (tertiary/aromatic N) is 1. The number of hydrogen-bond donors (Lipinski definition) is 1. The number of morpholine rings is 1. The highest BCUT2D eigenvalue weighted by Crippen LogP contribution is 2.14. The Bertz CT molecular complexity index is 735. The monoisotopic (exact) mass is 306 g/mol. The lowest BCUT2D eigenvalue weighted by molar-refractivity contribution is 0.0303. The first kappa shape index (κ1) is 14.1. The van der Waals surface area contributed by atoms with Gasteiger partial charge in [0.2, 0.25) is 0 Å². The lowest BCUT2D eigenvalue weighted by atomic mass is 10.1. The summed E-state index contributed by atoms with van der Waals surface area (Å²) in [7, 11) is 0. The highest BCUT2D eigenvalue weighted by Gasteiger charge is 2.19. The SMILES string of the molecule is O=C(c1ccc2[nH]c(CCl)cc(=O)c2c1)N1CCOCC1. The number of ether oxygens (including phenoxy) is 1. The van der Waals surface area contributed by atoms with Gasteiger partial charge in [0, 0.05) is 41.3 Å². The zero-order chi connectivity index (χ0) is 14.8. The van der Waals surface area contributed by atoms with E-state index in [2.05, 4.69) is 4.98 Å². The van der Waals surface area contributed by atoms with Crippen LogP contribution in [0.15, 0.2) is 29.1 Å². The Balaban J connectivity index is 1.99. The van der Waals surface area contributed by atoms with E-state index in [1.807, 2.05) is 0 Å². The number of aromatic amines is 1. The molecule has 1 amide bonds. The Morgan fingerprint density at radius 1 is 1.29 bits per heavy atom. The number of carbonyl (C=O) groups is 1. The van der Waals surface area contributed by atoms with E-state index in [1.54, 1.807) is 23.1 Å². The predicted octanol–water partition coefficient (Wildman–Crippen LogP) is 1.74. The zero-order valence-corrected chi connectivity index (χ0v) is 12.2. The van der Waals surface area contributed by atoms with Crippen molar-refractivity contribution in [2.75, 3.05) is 26.3 Å². The molecule has 0 radical (unpaired) electrons. The number of rotatable bonds is 2. The molecule has 2 aromatic rings. The van der Waals surface area contributed by atoms with Crippen molar-refractivity contribution in [2.45, 2.75) is 5.88 Å². The van der Waals surface area contributed by atoms with E-state index in [4.69, 9.17) is 16.3 Å². The molecule has 0 aliphatic carbocycles. The van der Waals surface area contributed by atoms with Crippen LogP contribution in [0.1, 0.15) is 16.1 Å². The van der Waals surface area contributed by atoms with Crippen molar-refractivity contribution in [1.29, 1.82) is 0 Å². The van der Waals surface area contributed by atoms with Gasteiger partial charge in [0.1, 0.15) is 0 Å². The molecule has 0 saturated carbocycles. The Labute approximate surface area is 126 Å². The number of halogens is 1. The largest absolute Gasteiger partial charge is 0.378 e. The van der Waals surface area contributed by atoms with Crippen LogP contribution in [0.5, 0.6) is 0 Å². The van der Waals surface area contributed by atoms with E-state index in [-0.39, 0.29) is 17.2 Å². The van der Waals surface area contributed by atoms with Gasteiger partial charge in [-0.3, -0.25) is 9.59 Å². The third kappa shape index (κ3) is 2.80. The van der Waals surface area contributed by atoms with Crippen molar-refractivity contribution >= 4 is 28.4 Å². The molecule has 110 valence electrons. The first-order valence-corrected chi connectivity index (χ1v) is 7.31. The summed E-state index contributed by atoms with van der Waals surface area (Å²) in [5, 5.41) is 0.503. The third-order valence-corrected chi connectivity index (χ3v) is 3.86. The maximum absolute atomic E-state index is 12.4. The predicted molar refractivity (Wildman–Crippen MR) is 80.8 cm³/mol. The van der Waals surface area contributed by atoms with Crippen molar-refractivity contribution in [2.24, 2.45) is 0 Å². The highest BCUT2D eigenvalue weighted by molar-refractivity contribution is 6.17.